The highest BCUT2D eigenvalue weighted by Crippen LogP contribution is 2.40. The van der Waals surface area contributed by atoms with Gasteiger partial charge in [-0.05, 0) is 45.8 Å². The Hall–Kier alpha value is -1.59. The van der Waals surface area contributed by atoms with E-state index >= 15 is 0 Å². The summed E-state index contributed by atoms with van der Waals surface area (Å²) in [6, 6.07) is 9.67. The summed E-state index contributed by atoms with van der Waals surface area (Å²) in [4.78, 5) is 0. The van der Waals surface area contributed by atoms with Crippen LogP contribution in [0.2, 0.25) is 0 Å². The topological polar surface area (TPSA) is 38.7 Å². The molecule has 0 saturated heterocycles. The Morgan fingerprint density at radius 2 is 1.95 bits per heavy atom. The van der Waals surface area contributed by atoms with Gasteiger partial charge in [0.2, 0.25) is 0 Å². The van der Waals surface area contributed by atoms with Crippen molar-refractivity contribution in [3.05, 3.63) is 57.8 Å². The van der Waals surface area contributed by atoms with Crippen LogP contribution >= 0.6 is 15.9 Å². The molecule has 0 aliphatic heterocycles. The zero-order chi connectivity index (χ0) is 15.4. The molecule has 1 unspecified atom stereocenters. The van der Waals surface area contributed by atoms with Crippen LogP contribution in [0.25, 0.3) is 0 Å². The van der Waals surface area contributed by atoms with E-state index in [0.717, 1.165) is 5.56 Å². The van der Waals surface area contributed by atoms with Gasteiger partial charge >= 0.3 is 0 Å². The third-order valence-corrected chi connectivity index (χ3v) is 3.94. The van der Waals surface area contributed by atoms with Crippen molar-refractivity contribution in [3.63, 3.8) is 0 Å². The monoisotopic (exact) mass is 354 g/mol. The van der Waals surface area contributed by atoms with Gasteiger partial charge in [0.05, 0.1) is 20.3 Å². The van der Waals surface area contributed by atoms with Gasteiger partial charge in [0.1, 0.15) is 21.8 Å². The molecule has 0 aromatic heterocycles. The summed E-state index contributed by atoms with van der Waals surface area (Å²) in [6.45, 7) is 0. The van der Waals surface area contributed by atoms with E-state index in [9.17, 15) is 9.50 Å². The van der Waals surface area contributed by atoms with E-state index in [0.29, 0.717) is 28.0 Å². The molecule has 0 fully saturated rings. The molecule has 5 heteroatoms. The number of methoxy groups -OCH3 is 2. The molecule has 0 saturated carbocycles. The number of ether oxygens (including phenoxy) is 2. The Labute approximate surface area is 131 Å². The third kappa shape index (κ3) is 3.54. The van der Waals surface area contributed by atoms with Crippen molar-refractivity contribution in [2.24, 2.45) is 0 Å². The molecule has 21 heavy (non-hydrogen) atoms. The number of hydrogen-bond acceptors (Lipinski definition) is 3. The minimum absolute atomic E-state index is 0.299. The Morgan fingerprint density at radius 3 is 2.57 bits per heavy atom. The Morgan fingerprint density at radius 1 is 1.19 bits per heavy atom. The lowest BCUT2D eigenvalue weighted by molar-refractivity contribution is 0.173. The van der Waals surface area contributed by atoms with Crippen LogP contribution in [0.15, 0.2) is 40.9 Å². The first-order chi connectivity index (χ1) is 10.1. The van der Waals surface area contributed by atoms with Crippen LogP contribution in [0, 0.1) is 5.82 Å². The van der Waals surface area contributed by atoms with Crippen LogP contribution in [0.5, 0.6) is 11.5 Å². The lowest BCUT2D eigenvalue weighted by Gasteiger charge is -2.17. The molecular formula is C16H16BrFO3. The molecule has 2 aromatic rings. The fourth-order valence-corrected chi connectivity index (χ4v) is 2.86. The first-order valence-electron chi connectivity index (χ1n) is 6.39. The number of halogens is 2. The lowest BCUT2D eigenvalue weighted by Crippen LogP contribution is -2.05. The van der Waals surface area contributed by atoms with Gasteiger partial charge in [-0.15, -0.1) is 0 Å². The van der Waals surface area contributed by atoms with Crippen molar-refractivity contribution in [3.8, 4) is 11.5 Å². The fraction of sp³-hybridized carbons (Fsp3) is 0.250. The molecule has 0 bridgehead atoms. The molecule has 0 aliphatic carbocycles. The molecule has 0 amide bonds. The van der Waals surface area contributed by atoms with Gasteiger partial charge in [-0.25, -0.2) is 4.39 Å². The van der Waals surface area contributed by atoms with E-state index in [4.69, 9.17) is 9.47 Å². The summed E-state index contributed by atoms with van der Waals surface area (Å²) in [5.74, 6) is 0.814. The van der Waals surface area contributed by atoms with Crippen LogP contribution in [0.3, 0.4) is 0 Å². The van der Waals surface area contributed by atoms with E-state index in [2.05, 4.69) is 15.9 Å². The molecular weight excluding hydrogens is 339 g/mol. The molecule has 0 heterocycles. The SMILES string of the molecule is COc1ccc(C(O)Cc2cccc(F)c2)c(OC)c1Br. The first kappa shape index (κ1) is 15.8. The predicted octanol–water partition coefficient (Wildman–Crippen LogP) is 3.88. The van der Waals surface area contributed by atoms with Crippen LogP contribution in [-0.2, 0) is 6.42 Å². The van der Waals surface area contributed by atoms with Crippen molar-refractivity contribution in [1.29, 1.82) is 0 Å². The second-order valence-electron chi connectivity index (χ2n) is 4.55. The number of benzene rings is 2. The number of rotatable bonds is 5. The van der Waals surface area contributed by atoms with E-state index in [1.807, 2.05) is 0 Å². The van der Waals surface area contributed by atoms with Crippen molar-refractivity contribution < 1.29 is 19.0 Å². The average molecular weight is 355 g/mol. The quantitative estimate of drug-likeness (QED) is 0.885. The van der Waals surface area contributed by atoms with E-state index in [1.165, 1.54) is 19.2 Å². The highest BCUT2D eigenvalue weighted by atomic mass is 79.9. The van der Waals surface area contributed by atoms with E-state index in [-0.39, 0.29) is 5.82 Å². The molecule has 0 aliphatic rings. The molecule has 1 atom stereocenters. The Bertz CT molecular complexity index is 631. The molecule has 0 spiro atoms. The maximum Gasteiger partial charge on any atom is 0.142 e. The van der Waals surface area contributed by atoms with Gasteiger partial charge in [0.25, 0.3) is 0 Å². The standard InChI is InChI=1S/C16H16BrFO3/c1-20-14-7-6-12(16(21-2)15(14)17)13(19)9-10-4-3-5-11(18)8-10/h3-8,13,19H,9H2,1-2H3. The largest absolute Gasteiger partial charge is 0.495 e. The highest BCUT2D eigenvalue weighted by molar-refractivity contribution is 9.10. The van der Waals surface area contributed by atoms with Crippen molar-refractivity contribution in [1.82, 2.24) is 0 Å². The van der Waals surface area contributed by atoms with Gasteiger partial charge < -0.3 is 14.6 Å². The average Bonchev–Trinajstić information content (AvgIpc) is 2.46. The smallest absolute Gasteiger partial charge is 0.142 e. The molecule has 112 valence electrons. The summed E-state index contributed by atoms with van der Waals surface area (Å²) >= 11 is 3.40. The number of hydrogen-bond donors (Lipinski definition) is 1. The first-order valence-corrected chi connectivity index (χ1v) is 7.19. The van der Waals surface area contributed by atoms with E-state index in [1.54, 1.807) is 31.4 Å². The van der Waals surface area contributed by atoms with Gasteiger partial charge in [-0.2, -0.15) is 0 Å². The minimum Gasteiger partial charge on any atom is -0.495 e. The van der Waals surface area contributed by atoms with Crippen LogP contribution < -0.4 is 9.47 Å². The third-order valence-electron chi connectivity index (χ3n) is 3.19. The predicted molar refractivity (Wildman–Crippen MR) is 82.3 cm³/mol. The second-order valence-corrected chi connectivity index (χ2v) is 5.35. The Balaban J connectivity index is 2.30. The summed E-state index contributed by atoms with van der Waals surface area (Å²) < 4.78 is 24.4. The summed E-state index contributed by atoms with van der Waals surface area (Å²) in [6.07, 6.45) is -0.503. The molecule has 0 radical (unpaired) electrons. The molecule has 2 aromatic carbocycles. The maximum atomic E-state index is 13.2. The van der Waals surface area contributed by atoms with E-state index < -0.39 is 6.10 Å². The summed E-state index contributed by atoms with van der Waals surface area (Å²) in [7, 11) is 3.08. The van der Waals surface area contributed by atoms with Crippen molar-refractivity contribution >= 4 is 15.9 Å². The van der Waals surface area contributed by atoms with Crippen molar-refractivity contribution in [2.45, 2.75) is 12.5 Å². The maximum absolute atomic E-state index is 13.2. The van der Waals surface area contributed by atoms with Gasteiger partial charge in [0.15, 0.2) is 0 Å². The molecule has 3 nitrogen and oxygen atoms in total. The summed E-state index contributed by atoms with van der Waals surface area (Å²) in [5.41, 5.74) is 1.34. The number of aliphatic hydroxyl groups excluding tert-OH is 1. The normalized spacial score (nSPS) is 12.0. The zero-order valence-corrected chi connectivity index (χ0v) is 13.4. The Kier molecular flexibility index (Phi) is 5.20. The minimum atomic E-state index is -0.802. The van der Waals surface area contributed by atoms with Gasteiger partial charge in [-0.3, -0.25) is 0 Å². The molecule has 1 N–H and O–H groups in total. The highest BCUT2D eigenvalue weighted by Gasteiger charge is 2.19. The second kappa shape index (κ2) is 6.91. The fourth-order valence-electron chi connectivity index (χ4n) is 2.18. The summed E-state index contributed by atoms with van der Waals surface area (Å²) in [5, 5.41) is 10.4. The molecule has 2 rings (SSSR count). The van der Waals surface area contributed by atoms with Gasteiger partial charge in [-0.1, -0.05) is 12.1 Å². The zero-order valence-electron chi connectivity index (χ0n) is 11.8. The number of aliphatic hydroxyl groups is 1. The van der Waals surface area contributed by atoms with Crippen LogP contribution in [0.4, 0.5) is 4.39 Å². The van der Waals surface area contributed by atoms with Crippen LogP contribution in [-0.4, -0.2) is 19.3 Å². The van der Waals surface area contributed by atoms with Crippen molar-refractivity contribution in [2.75, 3.05) is 14.2 Å². The van der Waals surface area contributed by atoms with Crippen LogP contribution in [0.1, 0.15) is 17.2 Å². The lowest BCUT2D eigenvalue weighted by atomic mass is 10.0. The van der Waals surface area contributed by atoms with Gasteiger partial charge in [0, 0.05) is 12.0 Å².